The second kappa shape index (κ2) is 7.96. The van der Waals surface area contributed by atoms with E-state index in [1.807, 2.05) is 18.2 Å². The maximum absolute atomic E-state index is 12.9. The highest BCUT2D eigenvalue weighted by Gasteiger charge is 2.32. The number of carbonyl (C=O) groups excluding carboxylic acids is 1. The van der Waals surface area contributed by atoms with Crippen molar-refractivity contribution in [2.75, 3.05) is 32.8 Å². The van der Waals surface area contributed by atoms with E-state index in [4.69, 9.17) is 13.9 Å². The zero-order valence-electron chi connectivity index (χ0n) is 16.8. The van der Waals surface area contributed by atoms with Gasteiger partial charge in [0.2, 0.25) is 6.10 Å². The van der Waals surface area contributed by atoms with Gasteiger partial charge in [0.1, 0.15) is 17.9 Å². The van der Waals surface area contributed by atoms with E-state index >= 15 is 0 Å². The van der Waals surface area contributed by atoms with Crippen LogP contribution in [0.5, 0.6) is 17.2 Å². The van der Waals surface area contributed by atoms with Crippen LogP contribution in [0.15, 0.2) is 57.7 Å². The fourth-order valence-corrected chi connectivity index (χ4v) is 4.06. The van der Waals surface area contributed by atoms with Gasteiger partial charge in [0, 0.05) is 50.2 Å². The van der Waals surface area contributed by atoms with Gasteiger partial charge in [-0.2, -0.15) is 0 Å². The zero-order chi connectivity index (χ0) is 21.4. The van der Waals surface area contributed by atoms with Crippen LogP contribution in [0.1, 0.15) is 5.56 Å². The average Bonchev–Trinajstić information content (AvgIpc) is 2.78. The summed E-state index contributed by atoms with van der Waals surface area (Å²) in [7, 11) is 0. The monoisotopic (exact) mass is 422 g/mol. The molecule has 31 heavy (non-hydrogen) atoms. The Labute approximate surface area is 178 Å². The number of hydrogen-bond donors (Lipinski definition) is 1. The predicted octanol–water partition coefficient (Wildman–Crippen LogP) is 1.98. The highest BCUT2D eigenvalue weighted by molar-refractivity contribution is 5.82. The Kier molecular flexibility index (Phi) is 4.99. The molecular weight excluding hydrogens is 400 g/mol. The first-order valence-electron chi connectivity index (χ1n) is 10.2. The van der Waals surface area contributed by atoms with Gasteiger partial charge in [0.15, 0.2) is 11.5 Å². The Hall–Kier alpha value is -3.52. The minimum Gasteiger partial charge on any atom is -0.508 e. The summed E-state index contributed by atoms with van der Waals surface area (Å²) >= 11 is 0. The van der Waals surface area contributed by atoms with Crippen molar-refractivity contribution in [2.45, 2.75) is 12.6 Å². The van der Waals surface area contributed by atoms with Gasteiger partial charge >= 0.3 is 5.63 Å². The summed E-state index contributed by atoms with van der Waals surface area (Å²) in [6, 6.07) is 13.6. The number of para-hydroxylation sites is 2. The van der Waals surface area contributed by atoms with Gasteiger partial charge in [-0.1, -0.05) is 12.1 Å². The molecule has 1 atom stereocenters. The first-order valence-corrected chi connectivity index (χ1v) is 10.2. The van der Waals surface area contributed by atoms with E-state index in [9.17, 15) is 14.7 Å². The van der Waals surface area contributed by atoms with E-state index in [2.05, 4.69) is 4.90 Å². The normalized spacial score (nSPS) is 18.8. The molecule has 2 aromatic carbocycles. The van der Waals surface area contributed by atoms with Crippen LogP contribution in [0.2, 0.25) is 0 Å². The zero-order valence-corrected chi connectivity index (χ0v) is 16.8. The van der Waals surface area contributed by atoms with E-state index in [0.29, 0.717) is 49.8 Å². The molecule has 160 valence electrons. The summed E-state index contributed by atoms with van der Waals surface area (Å²) in [6.07, 6.45) is -0.642. The third-order valence-electron chi connectivity index (χ3n) is 5.68. The molecule has 0 radical (unpaired) electrons. The van der Waals surface area contributed by atoms with Crippen molar-refractivity contribution >= 4 is 16.9 Å². The van der Waals surface area contributed by atoms with E-state index in [1.165, 1.54) is 12.1 Å². The lowest BCUT2D eigenvalue weighted by atomic mass is 10.1. The lowest BCUT2D eigenvalue weighted by Gasteiger charge is -2.37. The number of piperazine rings is 1. The summed E-state index contributed by atoms with van der Waals surface area (Å²) in [5.74, 6) is 1.22. The second-order valence-corrected chi connectivity index (χ2v) is 7.74. The number of amides is 1. The molecular formula is C23H22N2O6. The summed E-state index contributed by atoms with van der Waals surface area (Å²) in [6.45, 7) is 3.26. The number of phenols is 1. The largest absolute Gasteiger partial charge is 0.508 e. The van der Waals surface area contributed by atoms with Crippen molar-refractivity contribution in [1.29, 1.82) is 0 Å². The lowest BCUT2D eigenvalue weighted by molar-refractivity contribution is -0.143. The summed E-state index contributed by atoms with van der Waals surface area (Å²) < 4.78 is 16.7. The van der Waals surface area contributed by atoms with Gasteiger partial charge in [0.25, 0.3) is 5.91 Å². The fourth-order valence-electron chi connectivity index (χ4n) is 4.06. The Morgan fingerprint density at radius 3 is 2.61 bits per heavy atom. The van der Waals surface area contributed by atoms with Gasteiger partial charge in [-0.25, -0.2) is 4.79 Å². The Morgan fingerprint density at radius 2 is 1.81 bits per heavy atom. The lowest BCUT2D eigenvalue weighted by Crippen LogP contribution is -2.53. The number of ether oxygens (including phenoxy) is 2. The van der Waals surface area contributed by atoms with Crippen LogP contribution in [0.4, 0.5) is 0 Å². The van der Waals surface area contributed by atoms with Gasteiger partial charge in [-0.3, -0.25) is 9.69 Å². The van der Waals surface area contributed by atoms with E-state index < -0.39 is 11.7 Å². The van der Waals surface area contributed by atoms with Gasteiger partial charge < -0.3 is 23.9 Å². The summed E-state index contributed by atoms with van der Waals surface area (Å²) in [4.78, 5) is 28.8. The summed E-state index contributed by atoms with van der Waals surface area (Å²) in [5, 5.41) is 10.4. The predicted molar refractivity (Wildman–Crippen MR) is 112 cm³/mol. The molecule has 1 fully saturated rings. The third kappa shape index (κ3) is 3.94. The van der Waals surface area contributed by atoms with Crippen LogP contribution >= 0.6 is 0 Å². The average molecular weight is 422 g/mol. The molecule has 1 saturated heterocycles. The number of aromatic hydroxyl groups is 1. The number of benzene rings is 2. The van der Waals surface area contributed by atoms with Crippen LogP contribution in [0.3, 0.4) is 0 Å². The molecule has 5 rings (SSSR count). The van der Waals surface area contributed by atoms with Crippen LogP contribution in [-0.2, 0) is 11.3 Å². The number of nitrogens with zero attached hydrogens (tertiary/aromatic N) is 2. The van der Waals surface area contributed by atoms with Crippen molar-refractivity contribution in [3.8, 4) is 17.2 Å². The number of hydrogen-bond acceptors (Lipinski definition) is 7. The van der Waals surface area contributed by atoms with E-state index in [0.717, 1.165) is 10.9 Å². The van der Waals surface area contributed by atoms with Crippen molar-refractivity contribution in [3.05, 3.63) is 64.5 Å². The smallest absolute Gasteiger partial charge is 0.336 e. The molecule has 8 nitrogen and oxygen atoms in total. The van der Waals surface area contributed by atoms with Crippen LogP contribution in [0.25, 0.3) is 11.0 Å². The third-order valence-corrected chi connectivity index (χ3v) is 5.68. The molecule has 1 amide bonds. The number of rotatable bonds is 3. The fraction of sp³-hybridized carbons (Fsp3) is 0.304. The molecule has 3 aromatic rings. The summed E-state index contributed by atoms with van der Waals surface area (Å²) in [5.41, 5.74) is 0.759. The molecule has 0 unspecified atom stereocenters. The molecule has 0 bridgehead atoms. The quantitative estimate of drug-likeness (QED) is 0.645. The van der Waals surface area contributed by atoms with Crippen LogP contribution < -0.4 is 15.1 Å². The minimum atomic E-state index is -0.642. The number of carbonyl (C=O) groups is 1. The minimum absolute atomic E-state index is 0.0523. The molecule has 0 aliphatic carbocycles. The maximum Gasteiger partial charge on any atom is 0.336 e. The highest BCUT2D eigenvalue weighted by Crippen LogP contribution is 2.31. The number of fused-ring (bicyclic) bond motifs is 2. The Morgan fingerprint density at radius 1 is 1.03 bits per heavy atom. The molecule has 1 N–H and O–H groups in total. The van der Waals surface area contributed by atoms with Gasteiger partial charge in [-0.15, -0.1) is 0 Å². The molecule has 2 aliphatic rings. The SMILES string of the molecule is O=C([C@@H]1COc2ccccc2O1)N1CCN(Cc2cc(=O)oc3cc(O)ccc23)CC1. The first kappa shape index (κ1) is 19.4. The van der Waals surface area contributed by atoms with E-state index in [1.54, 1.807) is 23.1 Å². The van der Waals surface area contributed by atoms with Crippen LogP contribution in [-0.4, -0.2) is 59.7 Å². The highest BCUT2D eigenvalue weighted by atomic mass is 16.6. The topological polar surface area (TPSA) is 92.5 Å². The standard InChI is InChI=1S/C23H22N2O6/c26-16-5-6-17-15(11-22(27)31-20(17)12-16)13-24-7-9-25(10-8-24)23(28)21-14-29-18-3-1-2-4-19(18)30-21/h1-6,11-12,21,26H,7-10,13-14H2/t21-/m0/s1. The van der Waals surface area contributed by atoms with E-state index in [-0.39, 0.29) is 18.3 Å². The second-order valence-electron chi connectivity index (χ2n) is 7.74. The molecule has 1 aromatic heterocycles. The molecule has 2 aliphatic heterocycles. The Bertz CT molecular complexity index is 1180. The van der Waals surface area contributed by atoms with Crippen molar-refractivity contribution in [2.24, 2.45) is 0 Å². The Balaban J connectivity index is 1.23. The number of phenolic OH excluding ortho intramolecular Hbond substituents is 1. The molecule has 3 heterocycles. The first-order chi connectivity index (χ1) is 15.1. The van der Waals surface area contributed by atoms with Crippen molar-refractivity contribution < 1.29 is 23.8 Å². The van der Waals surface area contributed by atoms with Crippen LogP contribution in [0, 0.1) is 0 Å². The van der Waals surface area contributed by atoms with Gasteiger partial charge in [-0.05, 0) is 29.8 Å². The molecule has 0 saturated carbocycles. The maximum atomic E-state index is 12.9. The van der Waals surface area contributed by atoms with Crippen molar-refractivity contribution in [3.63, 3.8) is 0 Å². The molecule has 0 spiro atoms. The molecule has 8 heteroatoms. The van der Waals surface area contributed by atoms with Crippen molar-refractivity contribution in [1.82, 2.24) is 9.80 Å². The van der Waals surface area contributed by atoms with Gasteiger partial charge in [0.05, 0.1) is 0 Å².